The molecule has 2 N–H and O–H groups in total. The van der Waals surface area contributed by atoms with Crippen molar-refractivity contribution in [3.8, 4) is 5.88 Å². The van der Waals surface area contributed by atoms with Gasteiger partial charge in [0.05, 0.1) is 61.5 Å². The molecule has 1 saturated heterocycles. The molecule has 4 heterocycles. The zero-order valence-corrected chi connectivity index (χ0v) is 22.0. The standard InChI is InChI=1S/C23H23F8N7O2S/c1-12-18(20(41-37-12)36-16-8-32-15(7-33-16)23(29,30)31)19(39)35-14-2-3-17(34-6-14)40-9-13-4-5-38(10-21(13,24)25)11-22(26,27)28/h2-3,6,8,13,15H,4-5,7,9-11H2,1H3,(H,33,36)(H,35,39). The lowest BCUT2D eigenvalue weighted by molar-refractivity contribution is -0.176. The Labute approximate surface area is 231 Å². The molecule has 0 saturated carbocycles. The van der Waals surface area contributed by atoms with E-state index in [4.69, 9.17) is 4.74 Å². The van der Waals surface area contributed by atoms with E-state index in [2.05, 4.69) is 30.0 Å². The third-order valence-electron chi connectivity index (χ3n) is 6.18. The topological polar surface area (TPSA) is 104 Å². The van der Waals surface area contributed by atoms with Crippen molar-refractivity contribution in [2.45, 2.75) is 37.7 Å². The van der Waals surface area contributed by atoms with Crippen molar-refractivity contribution >= 4 is 40.2 Å². The molecule has 2 aliphatic heterocycles. The van der Waals surface area contributed by atoms with Crippen LogP contribution in [0, 0.1) is 12.8 Å². The van der Waals surface area contributed by atoms with Crippen LogP contribution < -0.4 is 15.4 Å². The zero-order valence-electron chi connectivity index (χ0n) is 21.2. The minimum absolute atomic E-state index is 0.0287. The number of ether oxygens (including phenoxy) is 1. The number of carbonyl (C=O) groups is 1. The third kappa shape index (κ3) is 8.08. The average Bonchev–Trinajstić information content (AvgIpc) is 3.22. The van der Waals surface area contributed by atoms with E-state index in [9.17, 15) is 39.9 Å². The monoisotopic (exact) mass is 613 g/mol. The van der Waals surface area contributed by atoms with Crippen molar-refractivity contribution in [2.24, 2.45) is 15.9 Å². The summed E-state index contributed by atoms with van der Waals surface area (Å²) >= 11 is 0.898. The van der Waals surface area contributed by atoms with E-state index in [-0.39, 0.29) is 40.9 Å². The number of amidine groups is 1. The van der Waals surface area contributed by atoms with Crippen molar-refractivity contribution in [1.29, 1.82) is 0 Å². The number of aromatic nitrogens is 2. The van der Waals surface area contributed by atoms with Crippen molar-refractivity contribution in [1.82, 2.24) is 14.3 Å². The van der Waals surface area contributed by atoms with Crippen molar-refractivity contribution in [3.05, 3.63) is 29.6 Å². The fourth-order valence-corrected chi connectivity index (χ4v) is 4.90. The van der Waals surface area contributed by atoms with E-state index in [1.54, 1.807) is 6.92 Å². The number of hydrogen-bond acceptors (Lipinski definition) is 9. The zero-order chi connectivity index (χ0) is 30.0. The van der Waals surface area contributed by atoms with Gasteiger partial charge in [-0.05, 0) is 37.5 Å². The molecule has 0 aliphatic carbocycles. The number of aliphatic imine (C=N–C) groups is 2. The largest absolute Gasteiger partial charge is 0.477 e. The lowest BCUT2D eigenvalue weighted by Crippen LogP contribution is -2.52. The SMILES string of the molecule is Cc1nsc(NC2=NCC(C(F)(F)F)N=C2)c1C(=O)Nc1ccc(OCC2CCN(CC(F)(F)F)CC2(F)F)nc1. The number of nitrogens with zero attached hydrogens (tertiary/aromatic N) is 5. The molecule has 4 rings (SSSR count). The molecule has 1 amide bonds. The summed E-state index contributed by atoms with van der Waals surface area (Å²) in [5.74, 6) is -5.29. The van der Waals surface area contributed by atoms with E-state index in [1.807, 2.05) is 0 Å². The van der Waals surface area contributed by atoms with Crippen LogP contribution >= 0.6 is 11.5 Å². The van der Waals surface area contributed by atoms with Gasteiger partial charge in [0.2, 0.25) is 5.88 Å². The van der Waals surface area contributed by atoms with Crippen molar-refractivity contribution < 1.29 is 44.7 Å². The van der Waals surface area contributed by atoms with Crippen LogP contribution in [0.2, 0.25) is 0 Å². The molecule has 9 nitrogen and oxygen atoms in total. The number of halogens is 8. The van der Waals surface area contributed by atoms with Gasteiger partial charge in [0, 0.05) is 6.07 Å². The number of piperidine rings is 1. The molecule has 0 spiro atoms. The second-order valence-corrected chi connectivity index (χ2v) is 10.2. The van der Waals surface area contributed by atoms with E-state index in [0.717, 1.165) is 17.7 Å². The number of alkyl halides is 8. The summed E-state index contributed by atoms with van der Waals surface area (Å²) in [6.07, 6.45) is -7.13. The number of rotatable bonds is 7. The summed E-state index contributed by atoms with van der Waals surface area (Å²) in [6.45, 7) is -2.08. The molecule has 0 bridgehead atoms. The highest BCUT2D eigenvalue weighted by Gasteiger charge is 2.47. The fourth-order valence-electron chi connectivity index (χ4n) is 4.10. The first kappa shape index (κ1) is 30.5. The van der Waals surface area contributed by atoms with Crippen LogP contribution in [0.4, 0.5) is 45.8 Å². The highest BCUT2D eigenvalue weighted by molar-refractivity contribution is 7.11. The Bertz CT molecular complexity index is 1290. The lowest BCUT2D eigenvalue weighted by atomic mass is 9.93. The van der Waals surface area contributed by atoms with Gasteiger partial charge >= 0.3 is 12.4 Å². The summed E-state index contributed by atoms with van der Waals surface area (Å²) in [4.78, 5) is 24.8. The summed E-state index contributed by atoms with van der Waals surface area (Å²) < 4.78 is 114. The number of likely N-dealkylation sites (tertiary alicyclic amines) is 1. The second kappa shape index (κ2) is 11.8. The van der Waals surface area contributed by atoms with E-state index >= 15 is 0 Å². The van der Waals surface area contributed by atoms with Crippen molar-refractivity contribution in [2.75, 3.05) is 43.4 Å². The summed E-state index contributed by atoms with van der Waals surface area (Å²) in [5.41, 5.74) is 0.671. The fraction of sp³-hybridized carbons (Fsp3) is 0.522. The Morgan fingerprint density at radius 3 is 2.56 bits per heavy atom. The first-order valence-corrected chi connectivity index (χ1v) is 12.8. The predicted octanol–water partition coefficient (Wildman–Crippen LogP) is 4.82. The predicted molar refractivity (Wildman–Crippen MR) is 134 cm³/mol. The number of hydrogen-bond donors (Lipinski definition) is 2. The highest BCUT2D eigenvalue weighted by Crippen LogP contribution is 2.35. The normalized spacial score (nSPS) is 21.3. The molecular weight excluding hydrogens is 590 g/mol. The van der Waals surface area contributed by atoms with Gasteiger partial charge in [0.1, 0.15) is 10.8 Å². The van der Waals surface area contributed by atoms with Crippen molar-refractivity contribution in [3.63, 3.8) is 0 Å². The number of pyridine rings is 1. The number of anilines is 2. The summed E-state index contributed by atoms with van der Waals surface area (Å²) in [6, 6.07) is 0.794. The van der Waals surface area contributed by atoms with Crippen LogP contribution in [0.15, 0.2) is 28.3 Å². The minimum Gasteiger partial charge on any atom is -0.477 e. The number of nitrogens with one attached hydrogen (secondary N) is 2. The van der Waals surface area contributed by atoms with Crippen LogP contribution in [0.25, 0.3) is 0 Å². The Kier molecular flexibility index (Phi) is 8.81. The van der Waals surface area contributed by atoms with Crippen LogP contribution in [0.3, 0.4) is 0 Å². The maximum absolute atomic E-state index is 14.4. The van der Waals surface area contributed by atoms with Gasteiger partial charge in [-0.15, -0.1) is 0 Å². The molecule has 2 unspecified atom stereocenters. The Hall–Kier alpha value is -3.41. The molecule has 41 heavy (non-hydrogen) atoms. The Balaban J connectivity index is 1.31. The smallest absolute Gasteiger partial charge is 0.412 e. The van der Waals surface area contributed by atoms with Gasteiger partial charge in [-0.3, -0.25) is 19.7 Å². The van der Waals surface area contributed by atoms with Crippen LogP contribution in [0.1, 0.15) is 22.5 Å². The van der Waals surface area contributed by atoms with E-state index < -0.39 is 62.4 Å². The van der Waals surface area contributed by atoms with Crippen LogP contribution in [-0.2, 0) is 0 Å². The van der Waals surface area contributed by atoms with Gasteiger partial charge in [-0.2, -0.15) is 30.7 Å². The maximum atomic E-state index is 14.4. The highest BCUT2D eigenvalue weighted by atomic mass is 32.1. The molecule has 224 valence electrons. The van der Waals surface area contributed by atoms with Gasteiger partial charge in [0.15, 0.2) is 6.04 Å². The van der Waals surface area contributed by atoms with Gasteiger partial charge in [0.25, 0.3) is 11.8 Å². The number of aryl methyl sites for hydroxylation is 1. The molecule has 2 aromatic rings. The van der Waals surface area contributed by atoms with E-state index in [0.29, 0.717) is 10.6 Å². The lowest BCUT2D eigenvalue weighted by Gasteiger charge is -2.38. The second-order valence-electron chi connectivity index (χ2n) is 9.38. The average molecular weight is 614 g/mol. The molecule has 2 aromatic heterocycles. The van der Waals surface area contributed by atoms with Gasteiger partial charge in [-0.1, -0.05) is 0 Å². The Morgan fingerprint density at radius 2 is 1.98 bits per heavy atom. The molecular formula is C23H23F8N7O2S. The first-order valence-electron chi connectivity index (χ1n) is 12.1. The molecule has 18 heteroatoms. The Morgan fingerprint density at radius 1 is 1.22 bits per heavy atom. The molecule has 1 fully saturated rings. The first-order chi connectivity index (χ1) is 19.1. The summed E-state index contributed by atoms with van der Waals surface area (Å²) in [7, 11) is 0. The minimum atomic E-state index is -4.57. The molecule has 2 atom stereocenters. The van der Waals surface area contributed by atoms with Crippen LogP contribution in [0.5, 0.6) is 5.88 Å². The number of amides is 1. The molecule has 0 radical (unpaired) electrons. The molecule has 0 aromatic carbocycles. The quantitative estimate of drug-likeness (QED) is 0.434. The third-order valence-corrected chi connectivity index (χ3v) is 7.03. The van der Waals surface area contributed by atoms with Gasteiger partial charge in [-0.25, -0.2) is 13.8 Å². The molecule has 2 aliphatic rings. The van der Waals surface area contributed by atoms with E-state index in [1.165, 1.54) is 18.3 Å². The summed E-state index contributed by atoms with van der Waals surface area (Å²) in [5, 5.41) is 5.58. The van der Waals surface area contributed by atoms with Gasteiger partial charge < -0.3 is 15.4 Å². The maximum Gasteiger partial charge on any atom is 0.412 e. The number of carbonyl (C=O) groups excluding carboxylic acids is 1. The van der Waals surface area contributed by atoms with Crippen LogP contribution in [-0.4, -0.2) is 89.3 Å².